The van der Waals surface area contributed by atoms with E-state index in [1.54, 1.807) is 7.11 Å². The molecule has 0 aliphatic rings. The predicted molar refractivity (Wildman–Crippen MR) is 175 cm³/mol. The molecular weight excluding hydrogens is 556 g/mol. The Morgan fingerprint density at radius 2 is 1.58 bits per heavy atom. The number of nitrogens with zero attached hydrogens (tertiary/aromatic N) is 3. The molecule has 0 aliphatic carbocycles. The number of fused-ring (bicyclic) bond motifs is 1. The van der Waals surface area contributed by atoms with Gasteiger partial charge in [0, 0.05) is 29.3 Å². The summed E-state index contributed by atoms with van der Waals surface area (Å²) in [4.78, 5) is 24.3. The van der Waals surface area contributed by atoms with Gasteiger partial charge in [-0.1, -0.05) is 93.9 Å². The molecule has 6 nitrogen and oxygen atoms in total. The van der Waals surface area contributed by atoms with Crippen molar-refractivity contribution in [3.8, 4) is 17.0 Å². The number of benzene rings is 3. The molecule has 3 aromatic carbocycles. The maximum atomic E-state index is 14.2. The van der Waals surface area contributed by atoms with E-state index in [0.717, 1.165) is 50.7 Å². The second-order valence-corrected chi connectivity index (χ2v) is 12.1. The molecule has 1 N–H and O–H groups in total. The number of carbonyl (C=O) groups is 1. The topological polar surface area (TPSA) is 69.0 Å². The van der Waals surface area contributed by atoms with Gasteiger partial charge in [0.05, 0.1) is 18.5 Å². The maximum Gasteiger partial charge on any atom is 0.243 e. The summed E-state index contributed by atoms with van der Waals surface area (Å²) in [5.41, 5.74) is 6.91. The molecule has 1 atom stereocenters. The van der Waals surface area contributed by atoms with Gasteiger partial charge >= 0.3 is 0 Å². The predicted octanol–water partition coefficient (Wildman–Crippen LogP) is 8.30. The Labute approximate surface area is 259 Å². The van der Waals surface area contributed by atoms with Gasteiger partial charge in [0.15, 0.2) is 0 Å². The highest BCUT2D eigenvalue weighted by Crippen LogP contribution is 2.40. The minimum atomic E-state index is -0.523. The molecule has 0 saturated carbocycles. The van der Waals surface area contributed by atoms with Gasteiger partial charge in [-0.3, -0.25) is 4.79 Å². The average Bonchev–Trinajstić information content (AvgIpc) is 3.30. The van der Waals surface area contributed by atoms with Crippen molar-refractivity contribution in [2.45, 2.75) is 59.5 Å². The van der Waals surface area contributed by atoms with E-state index in [-0.39, 0.29) is 17.7 Å². The summed E-state index contributed by atoms with van der Waals surface area (Å²) in [6, 6.07) is 25.5. The summed E-state index contributed by atoms with van der Waals surface area (Å²) in [6.45, 7) is 10.8. The fraction of sp³-hybridized carbons (Fsp3) is 0.306. The van der Waals surface area contributed by atoms with Crippen LogP contribution < -0.4 is 10.1 Å². The SMILES string of the molecule is COc1ccc(CNC(=O)C(C(C)C)n2c(-c3ccc(Cl)cc3)c(Cc3ccccc3)c3c(C)nc(C(C)C)nc32)cc1. The number of halogens is 1. The van der Waals surface area contributed by atoms with Gasteiger partial charge < -0.3 is 14.6 Å². The van der Waals surface area contributed by atoms with Crippen LogP contribution in [0.15, 0.2) is 78.9 Å². The lowest BCUT2D eigenvalue weighted by molar-refractivity contribution is -0.125. The van der Waals surface area contributed by atoms with Crippen LogP contribution in [0.3, 0.4) is 0 Å². The standard InChI is InChI=1S/C36H39ClN4O2/c1-22(2)32(36(42)38-21-26-12-18-29(43-6)19-13-26)41-33(27-14-16-28(37)17-15-27)30(20-25-10-8-7-9-11-25)31-24(5)39-34(23(3)4)40-35(31)41/h7-19,22-23,32H,20-21H2,1-6H3,(H,38,42). The lowest BCUT2D eigenvalue weighted by Gasteiger charge is -2.26. The van der Waals surface area contributed by atoms with Gasteiger partial charge in [0.25, 0.3) is 0 Å². The van der Waals surface area contributed by atoms with Crippen molar-refractivity contribution in [1.29, 1.82) is 0 Å². The highest BCUT2D eigenvalue weighted by Gasteiger charge is 2.32. The number of rotatable bonds is 10. The van der Waals surface area contributed by atoms with E-state index < -0.39 is 6.04 Å². The Bertz CT molecular complexity index is 1710. The van der Waals surface area contributed by atoms with Crippen LogP contribution in [0.4, 0.5) is 0 Å². The largest absolute Gasteiger partial charge is 0.497 e. The highest BCUT2D eigenvalue weighted by molar-refractivity contribution is 6.30. The Kier molecular flexibility index (Phi) is 9.16. The first kappa shape index (κ1) is 30.3. The molecule has 2 aromatic heterocycles. The number of hydrogen-bond donors (Lipinski definition) is 1. The Morgan fingerprint density at radius 1 is 0.907 bits per heavy atom. The van der Waals surface area contributed by atoms with E-state index in [4.69, 9.17) is 26.3 Å². The molecule has 1 amide bonds. The zero-order chi connectivity index (χ0) is 30.7. The van der Waals surface area contributed by atoms with Crippen LogP contribution in [0.5, 0.6) is 5.75 Å². The van der Waals surface area contributed by atoms with Gasteiger partial charge in [-0.15, -0.1) is 0 Å². The highest BCUT2D eigenvalue weighted by atomic mass is 35.5. The molecule has 1 unspecified atom stereocenters. The summed E-state index contributed by atoms with van der Waals surface area (Å²) in [7, 11) is 1.64. The molecule has 0 radical (unpaired) electrons. The van der Waals surface area contributed by atoms with E-state index >= 15 is 0 Å². The Balaban J connectivity index is 1.73. The number of carbonyl (C=O) groups excluding carboxylic acids is 1. The van der Waals surface area contributed by atoms with Crippen LogP contribution >= 0.6 is 11.6 Å². The fourth-order valence-electron chi connectivity index (χ4n) is 5.65. The Hall–Kier alpha value is -4.16. The number of aromatic nitrogens is 3. The lowest BCUT2D eigenvalue weighted by Crippen LogP contribution is -2.35. The third-order valence-corrected chi connectivity index (χ3v) is 8.06. The minimum absolute atomic E-state index is 0.0279. The summed E-state index contributed by atoms with van der Waals surface area (Å²) in [5.74, 6) is 1.58. The molecule has 5 rings (SSSR count). The summed E-state index contributed by atoms with van der Waals surface area (Å²) >= 11 is 6.35. The molecule has 0 saturated heterocycles. The summed E-state index contributed by atoms with van der Waals surface area (Å²) in [5, 5.41) is 4.87. The van der Waals surface area contributed by atoms with Crippen molar-refractivity contribution in [3.63, 3.8) is 0 Å². The van der Waals surface area contributed by atoms with E-state index in [9.17, 15) is 4.79 Å². The molecule has 222 valence electrons. The van der Waals surface area contributed by atoms with Crippen LogP contribution in [0.2, 0.25) is 5.02 Å². The summed E-state index contributed by atoms with van der Waals surface area (Å²) < 4.78 is 7.45. The quantitative estimate of drug-likeness (QED) is 0.177. The van der Waals surface area contributed by atoms with Gasteiger partial charge in [-0.2, -0.15) is 0 Å². The second kappa shape index (κ2) is 13.0. The molecular formula is C36H39ClN4O2. The van der Waals surface area contributed by atoms with Crippen LogP contribution in [0.1, 0.15) is 67.9 Å². The first-order valence-corrected chi connectivity index (χ1v) is 15.2. The first-order chi connectivity index (χ1) is 20.7. The first-order valence-electron chi connectivity index (χ1n) is 14.8. The maximum absolute atomic E-state index is 14.2. The smallest absolute Gasteiger partial charge is 0.243 e. The van der Waals surface area contributed by atoms with Gasteiger partial charge in [0.1, 0.15) is 23.3 Å². The second-order valence-electron chi connectivity index (χ2n) is 11.6. The van der Waals surface area contributed by atoms with Crippen LogP contribution in [0, 0.1) is 12.8 Å². The van der Waals surface area contributed by atoms with Crippen molar-refractivity contribution in [1.82, 2.24) is 19.9 Å². The molecule has 0 bridgehead atoms. The zero-order valence-electron chi connectivity index (χ0n) is 25.7. The summed E-state index contributed by atoms with van der Waals surface area (Å²) in [6.07, 6.45) is 0.672. The van der Waals surface area contributed by atoms with E-state index in [1.165, 1.54) is 5.56 Å². The van der Waals surface area contributed by atoms with Crippen molar-refractivity contribution in [2.24, 2.45) is 5.92 Å². The molecule has 0 aliphatic heterocycles. The molecule has 7 heteroatoms. The number of ether oxygens (including phenoxy) is 1. The molecule has 2 heterocycles. The van der Waals surface area contributed by atoms with E-state index in [2.05, 4.69) is 68.8 Å². The van der Waals surface area contributed by atoms with Crippen LogP contribution in [-0.2, 0) is 17.8 Å². The van der Waals surface area contributed by atoms with Gasteiger partial charge in [-0.05, 0) is 59.4 Å². The Morgan fingerprint density at radius 3 is 2.19 bits per heavy atom. The number of nitrogens with one attached hydrogen (secondary N) is 1. The fourth-order valence-corrected chi connectivity index (χ4v) is 5.78. The van der Waals surface area contributed by atoms with Crippen molar-refractivity contribution in [3.05, 3.63) is 112 Å². The van der Waals surface area contributed by atoms with Crippen molar-refractivity contribution < 1.29 is 9.53 Å². The van der Waals surface area contributed by atoms with Gasteiger partial charge in [-0.25, -0.2) is 9.97 Å². The molecule has 43 heavy (non-hydrogen) atoms. The average molecular weight is 595 g/mol. The van der Waals surface area contributed by atoms with Crippen LogP contribution in [0.25, 0.3) is 22.3 Å². The van der Waals surface area contributed by atoms with Crippen LogP contribution in [-0.4, -0.2) is 27.6 Å². The van der Waals surface area contributed by atoms with E-state index in [1.807, 2.05) is 54.6 Å². The number of amides is 1. The minimum Gasteiger partial charge on any atom is -0.497 e. The number of hydrogen-bond acceptors (Lipinski definition) is 4. The monoisotopic (exact) mass is 594 g/mol. The van der Waals surface area contributed by atoms with Crippen molar-refractivity contribution >= 4 is 28.5 Å². The number of aryl methyl sites for hydroxylation is 1. The number of methoxy groups -OCH3 is 1. The lowest BCUT2D eigenvalue weighted by atomic mass is 9.97. The molecule has 0 fully saturated rings. The third kappa shape index (κ3) is 6.45. The molecule has 5 aromatic rings. The normalized spacial score (nSPS) is 12.2. The van der Waals surface area contributed by atoms with Crippen molar-refractivity contribution in [2.75, 3.05) is 7.11 Å². The third-order valence-electron chi connectivity index (χ3n) is 7.81. The molecule has 0 spiro atoms. The van der Waals surface area contributed by atoms with E-state index in [0.29, 0.717) is 18.0 Å². The van der Waals surface area contributed by atoms with Gasteiger partial charge in [0.2, 0.25) is 5.91 Å². The zero-order valence-corrected chi connectivity index (χ0v) is 26.4.